The highest BCUT2D eigenvalue weighted by atomic mass is 19.2. The highest BCUT2D eigenvalue weighted by molar-refractivity contribution is 6.33. The standard InChI is InChI=1S/C8H5BF4O4/c10-4-3(2-1-16-2)5(11)7(13)8(6(4)12)17-9(14)15/h2,14-15H,1H2. The minimum absolute atomic E-state index is 0.0461. The summed E-state index contributed by atoms with van der Waals surface area (Å²) in [5.41, 5.74) is -0.875. The maximum absolute atomic E-state index is 13.3. The number of rotatable bonds is 3. The molecule has 0 aliphatic carbocycles. The van der Waals surface area contributed by atoms with Crippen LogP contribution in [0.1, 0.15) is 11.7 Å². The third-order valence-corrected chi connectivity index (χ3v) is 2.14. The average molecular weight is 252 g/mol. The van der Waals surface area contributed by atoms with E-state index in [9.17, 15) is 17.6 Å². The van der Waals surface area contributed by atoms with Crippen LogP contribution >= 0.6 is 0 Å². The summed E-state index contributed by atoms with van der Waals surface area (Å²) in [5, 5.41) is 16.7. The molecular weight excluding hydrogens is 247 g/mol. The van der Waals surface area contributed by atoms with E-state index in [1.807, 2.05) is 0 Å². The number of halogens is 4. The fourth-order valence-electron chi connectivity index (χ4n) is 1.33. The van der Waals surface area contributed by atoms with Crippen molar-refractivity contribution in [2.45, 2.75) is 6.10 Å². The van der Waals surface area contributed by atoms with Crippen LogP contribution in [0.5, 0.6) is 5.75 Å². The molecule has 0 aromatic heterocycles. The minimum atomic E-state index is -2.60. The van der Waals surface area contributed by atoms with Gasteiger partial charge in [0.15, 0.2) is 17.4 Å². The highest BCUT2D eigenvalue weighted by Gasteiger charge is 2.37. The van der Waals surface area contributed by atoms with E-state index in [0.29, 0.717) is 0 Å². The number of benzene rings is 1. The van der Waals surface area contributed by atoms with Gasteiger partial charge < -0.3 is 19.4 Å². The lowest BCUT2D eigenvalue weighted by atomic mass is 10.1. The number of hydrogen-bond donors (Lipinski definition) is 2. The SMILES string of the molecule is OB(O)Oc1c(F)c(F)c(C2CO2)c(F)c1F. The van der Waals surface area contributed by atoms with Gasteiger partial charge in [0.1, 0.15) is 6.10 Å². The second-order valence-corrected chi connectivity index (χ2v) is 3.26. The molecular formula is C8H5BF4O4. The van der Waals surface area contributed by atoms with Gasteiger partial charge in [-0.15, -0.1) is 0 Å². The molecule has 9 heteroatoms. The van der Waals surface area contributed by atoms with Crippen LogP contribution in [-0.2, 0) is 4.74 Å². The Morgan fingerprint density at radius 3 is 1.88 bits per heavy atom. The molecule has 0 bridgehead atoms. The number of ether oxygens (including phenoxy) is 1. The topological polar surface area (TPSA) is 62.2 Å². The Kier molecular flexibility index (Phi) is 2.98. The van der Waals surface area contributed by atoms with Crippen molar-refractivity contribution in [3.05, 3.63) is 28.8 Å². The first-order valence-electron chi connectivity index (χ1n) is 4.43. The van der Waals surface area contributed by atoms with Crippen molar-refractivity contribution in [1.29, 1.82) is 0 Å². The first kappa shape index (κ1) is 12.2. The Labute approximate surface area is 92.6 Å². The van der Waals surface area contributed by atoms with Crippen LogP contribution < -0.4 is 4.65 Å². The Balaban J connectivity index is 2.55. The van der Waals surface area contributed by atoms with E-state index >= 15 is 0 Å². The molecule has 4 nitrogen and oxygen atoms in total. The summed E-state index contributed by atoms with van der Waals surface area (Å²) in [6, 6.07) is 0. The van der Waals surface area contributed by atoms with Crippen LogP contribution in [0.15, 0.2) is 0 Å². The van der Waals surface area contributed by atoms with Gasteiger partial charge in [0.05, 0.1) is 12.2 Å². The van der Waals surface area contributed by atoms with Crippen LogP contribution in [0.3, 0.4) is 0 Å². The van der Waals surface area contributed by atoms with Gasteiger partial charge in [-0.05, 0) is 0 Å². The van der Waals surface area contributed by atoms with E-state index in [2.05, 4.69) is 9.39 Å². The monoisotopic (exact) mass is 252 g/mol. The van der Waals surface area contributed by atoms with Crippen molar-refractivity contribution in [2.75, 3.05) is 6.61 Å². The summed E-state index contributed by atoms with van der Waals surface area (Å²) in [6.45, 7) is -0.0461. The molecule has 1 aliphatic heterocycles. The molecule has 92 valence electrons. The first-order valence-corrected chi connectivity index (χ1v) is 4.43. The number of hydrogen-bond acceptors (Lipinski definition) is 4. The Morgan fingerprint density at radius 1 is 1.06 bits per heavy atom. The summed E-state index contributed by atoms with van der Waals surface area (Å²) < 4.78 is 61.6. The molecule has 2 rings (SSSR count). The second-order valence-electron chi connectivity index (χ2n) is 3.26. The molecule has 1 heterocycles. The Bertz CT molecular complexity index is 434. The molecule has 1 saturated heterocycles. The zero-order valence-corrected chi connectivity index (χ0v) is 8.08. The predicted octanol–water partition coefficient (Wildman–Crippen LogP) is 0.663. The second kappa shape index (κ2) is 4.17. The lowest BCUT2D eigenvalue weighted by Gasteiger charge is -2.11. The molecule has 2 N–H and O–H groups in total. The lowest BCUT2D eigenvalue weighted by molar-refractivity contribution is 0.266. The molecule has 1 aromatic rings. The van der Waals surface area contributed by atoms with Gasteiger partial charge in [0.25, 0.3) is 0 Å². The van der Waals surface area contributed by atoms with E-state index in [1.165, 1.54) is 0 Å². The van der Waals surface area contributed by atoms with Gasteiger partial charge in [-0.2, -0.15) is 8.78 Å². The van der Waals surface area contributed by atoms with Crippen molar-refractivity contribution < 1.29 is 37.0 Å². The third kappa shape index (κ3) is 2.08. The summed E-state index contributed by atoms with van der Waals surface area (Å²) in [7, 11) is -2.60. The Hall–Kier alpha value is -1.32. The van der Waals surface area contributed by atoms with Gasteiger partial charge in [0.2, 0.25) is 11.6 Å². The smallest absolute Gasteiger partial charge is 0.507 e. The van der Waals surface area contributed by atoms with Crippen LogP contribution in [0.4, 0.5) is 17.6 Å². The molecule has 0 saturated carbocycles. The molecule has 1 aromatic carbocycles. The van der Waals surface area contributed by atoms with E-state index in [0.717, 1.165) is 0 Å². The molecule has 0 amide bonds. The van der Waals surface area contributed by atoms with E-state index in [1.54, 1.807) is 0 Å². The lowest BCUT2D eigenvalue weighted by Crippen LogP contribution is -2.23. The molecule has 1 unspecified atom stereocenters. The minimum Gasteiger partial charge on any atom is -0.507 e. The summed E-state index contributed by atoms with van der Waals surface area (Å²) in [5.74, 6) is -8.58. The van der Waals surface area contributed by atoms with Gasteiger partial charge in [-0.25, -0.2) is 8.78 Å². The fourth-order valence-corrected chi connectivity index (χ4v) is 1.33. The van der Waals surface area contributed by atoms with Gasteiger partial charge >= 0.3 is 7.32 Å². The molecule has 0 radical (unpaired) electrons. The fraction of sp³-hybridized carbons (Fsp3) is 0.250. The summed E-state index contributed by atoms with van der Waals surface area (Å²) in [6.07, 6.45) is -1.04. The quantitative estimate of drug-likeness (QED) is 0.359. The van der Waals surface area contributed by atoms with Crippen LogP contribution in [0.25, 0.3) is 0 Å². The van der Waals surface area contributed by atoms with E-state index in [-0.39, 0.29) is 6.61 Å². The normalized spacial score (nSPS) is 18.1. The predicted molar refractivity (Wildman–Crippen MR) is 45.8 cm³/mol. The zero-order chi connectivity index (χ0) is 12.7. The molecule has 17 heavy (non-hydrogen) atoms. The van der Waals surface area contributed by atoms with E-state index in [4.69, 9.17) is 10.0 Å². The van der Waals surface area contributed by atoms with Crippen molar-refractivity contribution in [1.82, 2.24) is 0 Å². The summed E-state index contributed by atoms with van der Waals surface area (Å²) in [4.78, 5) is 0. The van der Waals surface area contributed by atoms with Gasteiger partial charge in [-0.3, -0.25) is 0 Å². The van der Waals surface area contributed by atoms with Crippen molar-refractivity contribution in [3.63, 3.8) is 0 Å². The third-order valence-electron chi connectivity index (χ3n) is 2.14. The zero-order valence-electron chi connectivity index (χ0n) is 8.08. The van der Waals surface area contributed by atoms with Crippen LogP contribution in [-0.4, -0.2) is 24.0 Å². The molecule has 1 aliphatic rings. The van der Waals surface area contributed by atoms with Crippen molar-refractivity contribution >= 4 is 7.32 Å². The maximum atomic E-state index is 13.3. The largest absolute Gasteiger partial charge is 0.707 e. The number of epoxide rings is 1. The molecule has 1 atom stereocenters. The van der Waals surface area contributed by atoms with Gasteiger partial charge in [0, 0.05) is 0 Å². The first-order chi connectivity index (χ1) is 7.93. The van der Waals surface area contributed by atoms with Crippen LogP contribution in [0, 0.1) is 23.3 Å². The summed E-state index contributed by atoms with van der Waals surface area (Å²) >= 11 is 0. The van der Waals surface area contributed by atoms with Crippen molar-refractivity contribution in [3.8, 4) is 5.75 Å². The average Bonchev–Trinajstić information content (AvgIpc) is 3.06. The van der Waals surface area contributed by atoms with Crippen LogP contribution in [0.2, 0.25) is 0 Å². The Morgan fingerprint density at radius 2 is 1.53 bits per heavy atom. The molecule has 0 spiro atoms. The van der Waals surface area contributed by atoms with Crippen molar-refractivity contribution in [2.24, 2.45) is 0 Å². The van der Waals surface area contributed by atoms with Gasteiger partial charge in [-0.1, -0.05) is 0 Å². The van der Waals surface area contributed by atoms with E-state index < -0.39 is 48.0 Å². The highest BCUT2D eigenvalue weighted by Crippen LogP contribution is 2.39. The maximum Gasteiger partial charge on any atom is 0.707 e. The molecule has 1 fully saturated rings.